The smallest absolute Gasteiger partial charge is 0.410 e. The highest BCUT2D eigenvalue weighted by Crippen LogP contribution is 2.21. The quantitative estimate of drug-likeness (QED) is 0.658. The molecule has 2 atom stereocenters. The van der Waals surface area contributed by atoms with Gasteiger partial charge in [0.25, 0.3) is 0 Å². The molecule has 0 bridgehead atoms. The summed E-state index contributed by atoms with van der Waals surface area (Å²) in [4.78, 5) is 22.4. The second-order valence-corrected chi connectivity index (χ2v) is 8.71. The van der Waals surface area contributed by atoms with E-state index in [0.717, 1.165) is 25.6 Å². The maximum atomic E-state index is 12.3. The van der Waals surface area contributed by atoms with Gasteiger partial charge in [0.1, 0.15) is 5.60 Å². The number of aliphatic imine (C=N–C) groups is 1. The number of thiophene rings is 1. The molecule has 0 saturated carbocycles. The number of rotatable bonds is 3. The van der Waals surface area contributed by atoms with Gasteiger partial charge in [-0.25, -0.2) is 4.79 Å². The summed E-state index contributed by atoms with van der Waals surface area (Å²) in [6.45, 7) is 11.7. The van der Waals surface area contributed by atoms with E-state index in [1.807, 2.05) is 20.8 Å². The predicted molar refractivity (Wildman–Crippen MR) is 117 cm³/mol. The molecule has 0 spiro atoms. The molecule has 1 saturated heterocycles. The molecule has 0 radical (unpaired) electrons. The number of hydrogen-bond donors (Lipinski definition) is 1. The Kier molecular flexibility index (Phi) is 7.18. The lowest BCUT2D eigenvalue weighted by atomic mass is 10.1. The highest BCUT2D eigenvalue weighted by Gasteiger charge is 2.36. The fraction of sp³-hybridized carbons (Fsp3) is 0.667. The average Bonchev–Trinajstić information content (AvgIpc) is 3.20. The highest BCUT2D eigenvalue weighted by molar-refractivity contribution is 14.0. The fourth-order valence-electron chi connectivity index (χ4n) is 3.14. The van der Waals surface area contributed by atoms with E-state index in [4.69, 9.17) is 4.74 Å². The first kappa shape index (κ1) is 21.3. The Morgan fingerprint density at radius 3 is 2.88 bits per heavy atom. The van der Waals surface area contributed by atoms with E-state index in [2.05, 4.69) is 39.6 Å². The zero-order valence-corrected chi connectivity index (χ0v) is 19.0. The average molecular weight is 492 g/mol. The van der Waals surface area contributed by atoms with E-state index in [1.54, 1.807) is 16.2 Å². The predicted octanol–water partition coefficient (Wildman–Crippen LogP) is 3.35. The van der Waals surface area contributed by atoms with Crippen molar-refractivity contribution in [1.82, 2.24) is 15.1 Å². The van der Waals surface area contributed by atoms with Crippen LogP contribution in [0.25, 0.3) is 0 Å². The third kappa shape index (κ3) is 5.25. The summed E-state index contributed by atoms with van der Waals surface area (Å²) >= 11 is 1.79. The van der Waals surface area contributed by atoms with Gasteiger partial charge >= 0.3 is 6.09 Å². The molecule has 3 heterocycles. The lowest BCUT2D eigenvalue weighted by Gasteiger charge is -2.39. The molecular weight excluding hydrogens is 463 g/mol. The van der Waals surface area contributed by atoms with Crippen molar-refractivity contribution in [3.8, 4) is 0 Å². The van der Waals surface area contributed by atoms with Crippen LogP contribution in [0.2, 0.25) is 0 Å². The molecular formula is C18H29IN4O2S. The van der Waals surface area contributed by atoms with E-state index < -0.39 is 5.60 Å². The molecule has 1 amide bonds. The Labute approximate surface area is 177 Å². The van der Waals surface area contributed by atoms with Crippen molar-refractivity contribution in [3.63, 3.8) is 0 Å². The molecule has 1 fully saturated rings. The Balaban J connectivity index is 0.00000243. The normalized spacial score (nSPS) is 20.8. The molecule has 2 aliphatic heterocycles. The van der Waals surface area contributed by atoms with Crippen LogP contribution in [-0.4, -0.2) is 66.2 Å². The second-order valence-electron chi connectivity index (χ2n) is 7.74. The summed E-state index contributed by atoms with van der Waals surface area (Å²) in [5.74, 6) is 1.43. The maximum absolute atomic E-state index is 12.3. The number of carbonyl (C=O) groups is 1. The fourth-order valence-corrected chi connectivity index (χ4v) is 3.93. The first-order chi connectivity index (χ1) is 11.8. The van der Waals surface area contributed by atoms with Gasteiger partial charge in [-0.05, 0) is 32.2 Å². The van der Waals surface area contributed by atoms with Crippen LogP contribution in [0.5, 0.6) is 0 Å². The van der Waals surface area contributed by atoms with Crippen molar-refractivity contribution < 1.29 is 9.53 Å². The number of nitrogens with one attached hydrogen (secondary N) is 1. The Bertz CT molecular complexity index is 630. The number of amides is 1. The molecule has 2 unspecified atom stereocenters. The van der Waals surface area contributed by atoms with Crippen LogP contribution in [0.4, 0.5) is 4.79 Å². The summed E-state index contributed by atoms with van der Waals surface area (Å²) in [6, 6.07) is 4.52. The van der Waals surface area contributed by atoms with Gasteiger partial charge < -0.3 is 19.9 Å². The Hall–Kier alpha value is -1.03. The van der Waals surface area contributed by atoms with E-state index in [-0.39, 0.29) is 36.1 Å². The van der Waals surface area contributed by atoms with E-state index in [9.17, 15) is 4.79 Å². The first-order valence-corrected chi connectivity index (χ1v) is 9.78. The molecule has 8 heteroatoms. The lowest BCUT2D eigenvalue weighted by Crippen LogP contribution is -2.57. The molecule has 0 aliphatic carbocycles. The zero-order chi connectivity index (χ0) is 18.0. The molecule has 0 aromatic carbocycles. The second kappa shape index (κ2) is 8.77. The molecule has 146 valence electrons. The molecule has 6 nitrogen and oxygen atoms in total. The van der Waals surface area contributed by atoms with Crippen molar-refractivity contribution in [3.05, 3.63) is 22.4 Å². The van der Waals surface area contributed by atoms with Crippen LogP contribution < -0.4 is 5.32 Å². The van der Waals surface area contributed by atoms with E-state index in [0.29, 0.717) is 19.0 Å². The Morgan fingerprint density at radius 2 is 2.23 bits per heavy atom. The number of carbonyl (C=O) groups excluding carboxylic acids is 1. The topological polar surface area (TPSA) is 57.2 Å². The molecule has 26 heavy (non-hydrogen) atoms. The number of guanidine groups is 1. The van der Waals surface area contributed by atoms with Crippen molar-refractivity contribution in [2.75, 3.05) is 32.7 Å². The first-order valence-electron chi connectivity index (χ1n) is 8.90. The third-order valence-electron chi connectivity index (χ3n) is 4.45. The van der Waals surface area contributed by atoms with Crippen LogP contribution in [0.15, 0.2) is 22.5 Å². The minimum atomic E-state index is -0.453. The van der Waals surface area contributed by atoms with Gasteiger partial charge in [-0.2, -0.15) is 0 Å². The van der Waals surface area contributed by atoms with Gasteiger partial charge in [-0.1, -0.05) is 13.0 Å². The van der Waals surface area contributed by atoms with Crippen molar-refractivity contribution in [2.24, 2.45) is 4.99 Å². The van der Waals surface area contributed by atoms with Gasteiger partial charge in [0.15, 0.2) is 5.96 Å². The number of ether oxygens (including phenoxy) is 1. The largest absolute Gasteiger partial charge is 0.444 e. The van der Waals surface area contributed by atoms with E-state index >= 15 is 0 Å². The minimum Gasteiger partial charge on any atom is -0.444 e. The lowest BCUT2D eigenvalue weighted by molar-refractivity contribution is 0.0137. The zero-order valence-electron chi connectivity index (χ0n) is 15.9. The number of piperazine rings is 1. The van der Waals surface area contributed by atoms with Crippen LogP contribution in [0, 0.1) is 0 Å². The van der Waals surface area contributed by atoms with Crippen LogP contribution in [0.1, 0.15) is 38.5 Å². The summed E-state index contributed by atoms with van der Waals surface area (Å²) < 4.78 is 5.49. The van der Waals surface area contributed by atoms with Gasteiger partial charge in [0.2, 0.25) is 0 Å². The van der Waals surface area contributed by atoms with Gasteiger partial charge in [-0.3, -0.25) is 4.99 Å². The van der Waals surface area contributed by atoms with Crippen LogP contribution >= 0.6 is 35.3 Å². The molecule has 1 aromatic rings. The van der Waals surface area contributed by atoms with Gasteiger partial charge in [-0.15, -0.1) is 35.3 Å². The standard InChI is InChI=1S/C18H28N4O2S.HI/c1-13(15-6-5-9-25-15)10-19-16-20-11-14-12-21(7-8-22(14)16)17(23)24-18(2,3)4;/h5-6,9,13-14H,7-8,10-12H2,1-4H3,(H,19,20);1H. The van der Waals surface area contributed by atoms with Gasteiger partial charge in [0.05, 0.1) is 12.6 Å². The molecule has 2 aliphatic rings. The van der Waals surface area contributed by atoms with E-state index in [1.165, 1.54) is 4.88 Å². The monoisotopic (exact) mass is 492 g/mol. The number of fused-ring (bicyclic) bond motifs is 1. The highest BCUT2D eigenvalue weighted by atomic mass is 127. The summed E-state index contributed by atoms with van der Waals surface area (Å²) in [5.41, 5.74) is -0.453. The Morgan fingerprint density at radius 1 is 1.46 bits per heavy atom. The summed E-state index contributed by atoms with van der Waals surface area (Å²) in [7, 11) is 0. The summed E-state index contributed by atoms with van der Waals surface area (Å²) in [5, 5.41) is 5.61. The molecule has 1 N–H and O–H groups in total. The van der Waals surface area contributed by atoms with Crippen molar-refractivity contribution >= 4 is 47.4 Å². The number of hydrogen-bond acceptors (Lipinski definition) is 6. The number of halogens is 1. The van der Waals surface area contributed by atoms with Crippen LogP contribution in [-0.2, 0) is 4.74 Å². The van der Waals surface area contributed by atoms with Gasteiger partial charge in [0, 0.05) is 37.0 Å². The minimum absolute atomic E-state index is 0. The van der Waals surface area contributed by atoms with Crippen molar-refractivity contribution in [2.45, 2.75) is 45.3 Å². The SMILES string of the molecule is CC(CNC1=NCC2CN(C(=O)OC(C)(C)C)CCN12)c1cccs1.I. The molecule has 3 rings (SSSR count). The maximum Gasteiger partial charge on any atom is 0.410 e. The molecule has 1 aromatic heterocycles. The number of nitrogens with zero attached hydrogens (tertiary/aromatic N) is 3. The van der Waals surface area contributed by atoms with Crippen LogP contribution in [0.3, 0.4) is 0 Å². The van der Waals surface area contributed by atoms with Crippen molar-refractivity contribution in [1.29, 1.82) is 0 Å². The third-order valence-corrected chi connectivity index (χ3v) is 5.56. The summed E-state index contributed by atoms with van der Waals surface area (Å²) in [6.07, 6.45) is -0.222.